The highest BCUT2D eigenvalue weighted by atomic mass is 32.1. The predicted molar refractivity (Wildman–Crippen MR) is 91.3 cm³/mol. The normalized spacial score (nSPS) is 14.8. The van der Waals surface area contributed by atoms with Crippen LogP contribution in [0.15, 0.2) is 36.0 Å². The first kappa shape index (κ1) is 14.5. The van der Waals surface area contributed by atoms with Crippen molar-refractivity contribution >= 4 is 28.1 Å². The Balaban J connectivity index is 1.41. The summed E-state index contributed by atoms with van der Waals surface area (Å²) in [7, 11) is 0. The van der Waals surface area contributed by atoms with Crippen LogP contribution in [0, 0.1) is 5.82 Å². The van der Waals surface area contributed by atoms with E-state index in [4.69, 9.17) is 0 Å². The molecule has 6 heteroatoms. The number of halogens is 1. The van der Waals surface area contributed by atoms with Crippen LogP contribution < -0.4 is 5.32 Å². The van der Waals surface area contributed by atoms with Crippen molar-refractivity contribution in [3.63, 3.8) is 0 Å². The first-order valence-electron chi connectivity index (χ1n) is 7.72. The summed E-state index contributed by atoms with van der Waals surface area (Å²) in [4.78, 5) is 12.2. The zero-order chi connectivity index (χ0) is 15.6. The van der Waals surface area contributed by atoms with E-state index in [0.717, 1.165) is 38.0 Å². The first-order chi connectivity index (χ1) is 11.3. The van der Waals surface area contributed by atoms with Crippen molar-refractivity contribution in [2.24, 2.45) is 0 Å². The van der Waals surface area contributed by atoms with Gasteiger partial charge in [-0.15, -0.1) is 11.3 Å². The maximum atomic E-state index is 13.8. The summed E-state index contributed by atoms with van der Waals surface area (Å²) in [5.41, 5.74) is 1.82. The lowest BCUT2D eigenvalue weighted by molar-refractivity contribution is 0.266. The molecule has 3 heterocycles. The van der Waals surface area contributed by atoms with Crippen molar-refractivity contribution in [3.05, 3.63) is 52.2 Å². The van der Waals surface area contributed by atoms with Crippen molar-refractivity contribution in [1.82, 2.24) is 14.9 Å². The zero-order valence-electron chi connectivity index (χ0n) is 12.6. The number of thiophene rings is 1. The number of para-hydroxylation sites is 1. The van der Waals surface area contributed by atoms with Crippen molar-refractivity contribution < 1.29 is 4.39 Å². The van der Waals surface area contributed by atoms with Gasteiger partial charge in [0.15, 0.2) is 0 Å². The highest BCUT2D eigenvalue weighted by Crippen LogP contribution is 2.24. The smallest absolute Gasteiger partial charge is 0.149 e. The Labute approximate surface area is 138 Å². The molecule has 2 aromatic heterocycles. The molecule has 4 rings (SSSR count). The fraction of sp³-hybridized carbons (Fsp3) is 0.294. The topological polar surface area (TPSA) is 41.0 Å². The van der Waals surface area contributed by atoms with Gasteiger partial charge >= 0.3 is 0 Å². The Hall–Kier alpha value is -2.05. The SMILES string of the molecule is Fc1cccc2c(NCCN3CCc4sccc4C3)ncnc12. The van der Waals surface area contributed by atoms with Crippen LogP contribution in [0.1, 0.15) is 10.4 Å². The van der Waals surface area contributed by atoms with Gasteiger partial charge in [0.2, 0.25) is 0 Å². The molecule has 0 amide bonds. The number of hydrogen-bond acceptors (Lipinski definition) is 5. The number of nitrogens with one attached hydrogen (secondary N) is 1. The van der Waals surface area contributed by atoms with Gasteiger partial charge in [-0.05, 0) is 35.6 Å². The predicted octanol–water partition coefficient (Wildman–Crippen LogP) is 3.30. The fourth-order valence-electron chi connectivity index (χ4n) is 3.02. The number of aromatic nitrogens is 2. The number of rotatable bonds is 4. The van der Waals surface area contributed by atoms with Crippen molar-refractivity contribution in [3.8, 4) is 0 Å². The largest absolute Gasteiger partial charge is 0.368 e. The molecule has 0 atom stereocenters. The number of nitrogens with zero attached hydrogens (tertiary/aromatic N) is 3. The molecule has 0 spiro atoms. The highest BCUT2D eigenvalue weighted by Gasteiger charge is 2.16. The molecule has 0 aliphatic carbocycles. The van der Waals surface area contributed by atoms with E-state index >= 15 is 0 Å². The number of anilines is 1. The number of benzene rings is 1. The van der Waals surface area contributed by atoms with Crippen molar-refractivity contribution in [2.45, 2.75) is 13.0 Å². The van der Waals surface area contributed by atoms with Gasteiger partial charge in [0.05, 0.1) is 0 Å². The third kappa shape index (κ3) is 2.92. The maximum Gasteiger partial charge on any atom is 0.149 e. The molecule has 1 aromatic carbocycles. The van der Waals surface area contributed by atoms with Crippen molar-refractivity contribution in [2.75, 3.05) is 25.0 Å². The van der Waals surface area contributed by atoms with Crippen LogP contribution in [0.5, 0.6) is 0 Å². The van der Waals surface area contributed by atoms with E-state index < -0.39 is 0 Å². The minimum Gasteiger partial charge on any atom is -0.368 e. The lowest BCUT2D eigenvalue weighted by atomic mass is 10.1. The van der Waals surface area contributed by atoms with E-state index in [1.54, 1.807) is 6.07 Å². The Morgan fingerprint density at radius 3 is 3.17 bits per heavy atom. The average Bonchev–Trinajstić information content (AvgIpc) is 3.03. The average molecular weight is 328 g/mol. The van der Waals surface area contributed by atoms with Gasteiger partial charge in [0, 0.05) is 36.4 Å². The molecule has 23 heavy (non-hydrogen) atoms. The molecular formula is C17H17FN4S. The summed E-state index contributed by atoms with van der Waals surface area (Å²) in [5, 5.41) is 6.23. The second-order valence-corrected chi connectivity index (χ2v) is 6.68. The monoisotopic (exact) mass is 328 g/mol. The molecule has 1 N–H and O–H groups in total. The molecule has 0 fully saturated rings. The lowest BCUT2D eigenvalue weighted by Gasteiger charge is -2.26. The third-order valence-corrected chi connectivity index (χ3v) is 5.25. The van der Waals surface area contributed by atoms with Gasteiger partial charge in [0.25, 0.3) is 0 Å². The fourth-order valence-corrected chi connectivity index (χ4v) is 3.91. The minimum absolute atomic E-state index is 0.311. The second kappa shape index (κ2) is 6.22. The van der Waals surface area contributed by atoms with Gasteiger partial charge in [-0.2, -0.15) is 0 Å². The van der Waals surface area contributed by atoms with E-state index in [9.17, 15) is 4.39 Å². The quantitative estimate of drug-likeness (QED) is 0.798. The molecule has 1 aliphatic rings. The van der Waals surface area contributed by atoms with Gasteiger partial charge in [0.1, 0.15) is 23.5 Å². The van der Waals surface area contributed by atoms with Crippen LogP contribution in [-0.4, -0.2) is 34.5 Å². The Morgan fingerprint density at radius 1 is 1.26 bits per heavy atom. The summed E-state index contributed by atoms with van der Waals surface area (Å²) >= 11 is 1.86. The van der Waals surface area contributed by atoms with E-state index in [-0.39, 0.29) is 5.82 Å². The van der Waals surface area contributed by atoms with Gasteiger partial charge < -0.3 is 5.32 Å². The van der Waals surface area contributed by atoms with Crippen LogP contribution in [-0.2, 0) is 13.0 Å². The van der Waals surface area contributed by atoms with E-state index in [1.807, 2.05) is 17.4 Å². The van der Waals surface area contributed by atoms with Crippen LogP contribution in [0.4, 0.5) is 10.2 Å². The minimum atomic E-state index is -0.311. The molecule has 3 aromatic rings. The molecule has 4 nitrogen and oxygen atoms in total. The van der Waals surface area contributed by atoms with E-state index in [0.29, 0.717) is 11.3 Å². The molecule has 1 aliphatic heterocycles. The van der Waals surface area contributed by atoms with Gasteiger partial charge in [-0.25, -0.2) is 14.4 Å². The standard InChI is InChI=1S/C17H17FN4S/c18-14-3-1-2-13-16(14)20-11-21-17(13)19-6-8-22-7-4-15-12(10-22)5-9-23-15/h1-3,5,9,11H,4,6-8,10H2,(H,19,20,21). The highest BCUT2D eigenvalue weighted by molar-refractivity contribution is 7.10. The Morgan fingerprint density at radius 2 is 2.22 bits per heavy atom. The third-order valence-electron chi connectivity index (χ3n) is 4.22. The molecular weight excluding hydrogens is 311 g/mol. The summed E-state index contributed by atoms with van der Waals surface area (Å²) in [6.45, 7) is 3.83. The first-order valence-corrected chi connectivity index (χ1v) is 8.60. The number of hydrogen-bond donors (Lipinski definition) is 1. The van der Waals surface area contributed by atoms with Crippen LogP contribution in [0.2, 0.25) is 0 Å². The summed E-state index contributed by atoms with van der Waals surface area (Å²) in [6.07, 6.45) is 2.54. The second-order valence-electron chi connectivity index (χ2n) is 5.68. The van der Waals surface area contributed by atoms with Crippen molar-refractivity contribution in [1.29, 1.82) is 0 Å². The molecule has 118 valence electrons. The molecule has 0 saturated carbocycles. The molecule has 0 unspecified atom stereocenters. The van der Waals surface area contributed by atoms with E-state index in [2.05, 4.69) is 31.6 Å². The summed E-state index contributed by atoms with van der Waals surface area (Å²) in [5.74, 6) is 0.386. The number of fused-ring (bicyclic) bond motifs is 2. The van der Waals surface area contributed by atoms with Crippen LogP contribution in [0.25, 0.3) is 10.9 Å². The molecule has 0 bridgehead atoms. The summed E-state index contributed by atoms with van der Waals surface area (Å²) < 4.78 is 13.8. The zero-order valence-corrected chi connectivity index (χ0v) is 13.4. The Kier molecular flexibility index (Phi) is 3.93. The lowest BCUT2D eigenvalue weighted by Crippen LogP contribution is -2.33. The van der Waals surface area contributed by atoms with Gasteiger partial charge in [-0.1, -0.05) is 6.07 Å². The Bertz CT molecular complexity index is 832. The van der Waals surface area contributed by atoms with Crippen LogP contribution >= 0.6 is 11.3 Å². The molecule has 0 radical (unpaired) electrons. The molecule has 0 saturated heterocycles. The maximum absolute atomic E-state index is 13.8. The summed E-state index contributed by atoms with van der Waals surface area (Å²) in [6, 6.07) is 7.18. The van der Waals surface area contributed by atoms with E-state index in [1.165, 1.54) is 22.8 Å². The van der Waals surface area contributed by atoms with Gasteiger partial charge in [-0.3, -0.25) is 4.90 Å². The van der Waals surface area contributed by atoms with Crippen LogP contribution in [0.3, 0.4) is 0 Å².